The quantitative estimate of drug-likeness (QED) is 0.625. The fourth-order valence-corrected chi connectivity index (χ4v) is 3.62. The Morgan fingerprint density at radius 1 is 1.34 bits per heavy atom. The Hall–Kier alpha value is -3.08. The third-order valence-corrected chi connectivity index (χ3v) is 5.14. The fraction of sp³-hybridized carbons (Fsp3) is 0.286. The zero-order valence-corrected chi connectivity index (χ0v) is 17.0. The average molecular weight is 410 g/mol. The first-order valence-corrected chi connectivity index (χ1v) is 9.41. The van der Waals surface area contributed by atoms with Crippen molar-refractivity contribution >= 4 is 29.1 Å². The van der Waals surface area contributed by atoms with Gasteiger partial charge in [-0.15, -0.1) is 0 Å². The standard InChI is InChI=1S/C21H20ClN5O2/c1-20(2)12-27(17-15(22)11-25-19(23)26-17)16-10-13(4-5-14(16)20)6-7-21(3,28)18-24-8-9-29-18/h4-5,8-11,28H,12H2,1-3H3,(H2,23,25,26). The number of aliphatic hydroxyl groups is 1. The lowest BCUT2D eigenvalue weighted by molar-refractivity contribution is 0.0893. The van der Waals surface area contributed by atoms with Gasteiger partial charge in [0, 0.05) is 23.2 Å². The Morgan fingerprint density at radius 3 is 2.86 bits per heavy atom. The molecule has 3 heterocycles. The van der Waals surface area contributed by atoms with Gasteiger partial charge >= 0.3 is 0 Å². The highest BCUT2D eigenvalue weighted by Crippen LogP contribution is 2.45. The fourth-order valence-electron chi connectivity index (χ4n) is 3.43. The second-order valence-electron chi connectivity index (χ2n) is 7.76. The molecule has 7 nitrogen and oxygen atoms in total. The Morgan fingerprint density at radius 2 is 2.14 bits per heavy atom. The molecule has 3 aromatic rings. The first-order valence-electron chi connectivity index (χ1n) is 9.03. The summed E-state index contributed by atoms with van der Waals surface area (Å²) in [5.74, 6) is 6.70. The van der Waals surface area contributed by atoms with Crippen molar-refractivity contribution in [2.75, 3.05) is 17.2 Å². The molecule has 0 radical (unpaired) electrons. The highest BCUT2D eigenvalue weighted by atomic mass is 35.5. The molecule has 0 spiro atoms. The molecule has 0 bridgehead atoms. The van der Waals surface area contributed by atoms with E-state index in [-0.39, 0.29) is 17.3 Å². The maximum Gasteiger partial charge on any atom is 0.238 e. The molecular weight excluding hydrogens is 390 g/mol. The van der Waals surface area contributed by atoms with Crippen molar-refractivity contribution in [3.05, 3.63) is 58.9 Å². The van der Waals surface area contributed by atoms with Crippen LogP contribution in [0.4, 0.5) is 17.5 Å². The number of oxazole rings is 1. The summed E-state index contributed by atoms with van der Waals surface area (Å²) in [6, 6.07) is 5.92. The molecule has 1 atom stereocenters. The minimum atomic E-state index is -1.49. The maximum atomic E-state index is 10.5. The molecule has 2 aromatic heterocycles. The van der Waals surface area contributed by atoms with Crippen molar-refractivity contribution in [3.63, 3.8) is 0 Å². The molecule has 0 saturated heterocycles. The van der Waals surface area contributed by atoms with Crippen LogP contribution in [0.25, 0.3) is 0 Å². The van der Waals surface area contributed by atoms with Crippen LogP contribution in [0.15, 0.2) is 41.3 Å². The van der Waals surface area contributed by atoms with Crippen molar-refractivity contribution in [1.82, 2.24) is 15.0 Å². The molecule has 1 aromatic carbocycles. The first kappa shape index (κ1) is 19.2. The van der Waals surface area contributed by atoms with Gasteiger partial charge in [-0.05, 0) is 24.6 Å². The van der Waals surface area contributed by atoms with Gasteiger partial charge in [0.15, 0.2) is 11.4 Å². The van der Waals surface area contributed by atoms with Crippen molar-refractivity contribution in [1.29, 1.82) is 0 Å². The summed E-state index contributed by atoms with van der Waals surface area (Å²) in [5, 5.41) is 10.9. The van der Waals surface area contributed by atoms with Gasteiger partial charge in [0.05, 0.1) is 12.4 Å². The number of nitrogens with zero attached hydrogens (tertiary/aromatic N) is 4. The van der Waals surface area contributed by atoms with E-state index in [1.807, 2.05) is 23.1 Å². The number of nitrogen functional groups attached to an aromatic ring is 1. The molecule has 1 aliphatic rings. The predicted octanol–water partition coefficient (Wildman–Crippen LogP) is 3.39. The molecule has 1 aliphatic heterocycles. The number of fused-ring (bicyclic) bond motifs is 1. The first-order chi connectivity index (χ1) is 13.7. The van der Waals surface area contributed by atoms with E-state index in [9.17, 15) is 5.11 Å². The van der Waals surface area contributed by atoms with Crippen LogP contribution in [-0.2, 0) is 11.0 Å². The lowest BCUT2D eigenvalue weighted by Crippen LogP contribution is -2.26. The number of rotatable bonds is 2. The van der Waals surface area contributed by atoms with Gasteiger partial charge in [0.2, 0.25) is 11.8 Å². The van der Waals surface area contributed by atoms with Gasteiger partial charge in [-0.2, -0.15) is 4.98 Å². The van der Waals surface area contributed by atoms with E-state index in [1.54, 1.807) is 0 Å². The van der Waals surface area contributed by atoms with E-state index in [2.05, 4.69) is 40.6 Å². The van der Waals surface area contributed by atoms with E-state index in [0.29, 0.717) is 17.4 Å². The third kappa shape index (κ3) is 3.53. The Kier molecular flexibility index (Phi) is 4.49. The SMILES string of the molecule is CC(O)(C#Cc1ccc2c(c1)N(c1nc(N)ncc1Cl)CC2(C)C)c1ncco1. The summed E-state index contributed by atoms with van der Waals surface area (Å²) < 4.78 is 5.17. The third-order valence-electron chi connectivity index (χ3n) is 4.87. The van der Waals surface area contributed by atoms with Crippen LogP contribution in [0.3, 0.4) is 0 Å². The van der Waals surface area contributed by atoms with E-state index < -0.39 is 5.60 Å². The largest absolute Gasteiger partial charge is 0.445 e. The lowest BCUT2D eigenvalue weighted by Gasteiger charge is -2.22. The normalized spacial score (nSPS) is 16.7. The van der Waals surface area contributed by atoms with Crippen LogP contribution in [0.1, 0.15) is 37.8 Å². The minimum absolute atomic E-state index is 0.117. The van der Waals surface area contributed by atoms with Gasteiger partial charge in [-0.1, -0.05) is 43.4 Å². The molecule has 0 aliphatic carbocycles. The zero-order chi connectivity index (χ0) is 20.8. The highest BCUT2D eigenvalue weighted by molar-refractivity contribution is 6.33. The summed E-state index contributed by atoms with van der Waals surface area (Å²) in [5.41, 5.74) is 6.99. The van der Waals surface area contributed by atoms with Gasteiger partial charge in [-0.3, -0.25) is 0 Å². The minimum Gasteiger partial charge on any atom is -0.445 e. The summed E-state index contributed by atoms with van der Waals surface area (Å²) in [6.07, 6.45) is 4.37. The van der Waals surface area contributed by atoms with Crippen molar-refractivity contribution in [2.24, 2.45) is 0 Å². The molecule has 4 rings (SSSR count). The molecule has 1 unspecified atom stereocenters. The predicted molar refractivity (Wildman–Crippen MR) is 111 cm³/mol. The molecule has 148 valence electrons. The van der Waals surface area contributed by atoms with Crippen LogP contribution in [0.2, 0.25) is 5.02 Å². The Bertz CT molecular complexity index is 1130. The van der Waals surface area contributed by atoms with E-state index in [0.717, 1.165) is 16.8 Å². The maximum absolute atomic E-state index is 10.5. The number of halogens is 1. The van der Waals surface area contributed by atoms with Gasteiger partial charge in [-0.25, -0.2) is 9.97 Å². The lowest BCUT2D eigenvalue weighted by atomic mass is 9.86. The zero-order valence-electron chi connectivity index (χ0n) is 16.3. The molecular formula is C21H20ClN5O2. The second-order valence-corrected chi connectivity index (χ2v) is 8.17. The molecule has 8 heteroatoms. The number of aromatic nitrogens is 3. The van der Waals surface area contributed by atoms with Gasteiger partial charge < -0.3 is 20.2 Å². The number of anilines is 3. The Balaban J connectivity index is 1.76. The molecule has 29 heavy (non-hydrogen) atoms. The summed E-state index contributed by atoms with van der Waals surface area (Å²) in [6.45, 7) is 6.54. The van der Waals surface area contributed by atoms with E-state index in [4.69, 9.17) is 21.8 Å². The van der Waals surface area contributed by atoms with Crippen molar-refractivity contribution < 1.29 is 9.52 Å². The highest BCUT2D eigenvalue weighted by Gasteiger charge is 2.37. The van der Waals surface area contributed by atoms with Crippen LogP contribution >= 0.6 is 11.6 Å². The van der Waals surface area contributed by atoms with Crippen LogP contribution in [-0.4, -0.2) is 26.6 Å². The smallest absolute Gasteiger partial charge is 0.238 e. The summed E-state index contributed by atoms with van der Waals surface area (Å²) >= 11 is 6.35. The summed E-state index contributed by atoms with van der Waals surface area (Å²) in [7, 11) is 0. The number of benzene rings is 1. The summed E-state index contributed by atoms with van der Waals surface area (Å²) in [4.78, 5) is 14.3. The molecule has 0 amide bonds. The van der Waals surface area contributed by atoms with Crippen LogP contribution < -0.4 is 10.6 Å². The number of hydrogen-bond acceptors (Lipinski definition) is 7. The topological polar surface area (TPSA) is 101 Å². The van der Waals surface area contributed by atoms with E-state index in [1.165, 1.54) is 25.6 Å². The molecule has 0 fully saturated rings. The van der Waals surface area contributed by atoms with E-state index >= 15 is 0 Å². The van der Waals surface area contributed by atoms with Crippen LogP contribution in [0, 0.1) is 11.8 Å². The number of nitrogens with two attached hydrogens (primary N) is 1. The second kappa shape index (κ2) is 6.76. The average Bonchev–Trinajstić information content (AvgIpc) is 3.30. The molecule has 3 N–H and O–H groups in total. The van der Waals surface area contributed by atoms with Gasteiger partial charge in [0.1, 0.15) is 11.3 Å². The monoisotopic (exact) mass is 409 g/mol. The number of hydrogen-bond donors (Lipinski definition) is 2. The molecule has 0 saturated carbocycles. The Labute approximate surface area is 173 Å². The van der Waals surface area contributed by atoms with Crippen LogP contribution in [0.5, 0.6) is 0 Å². The van der Waals surface area contributed by atoms with Crippen molar-refractivity contribution in [2.45, 2.75) is 31.8 Å². The van der Waals surface area contributed by atoms with Crippen molar-refractivity contribution in [3.8, 4) is 11.8 Å². The van der Waals surface area contributed by atoms with Gasteiger partial charge in [0.25, 0.3) is 0 Å².